The third-order valence-corrected chi connectivity index (χ3v) is 2.92. The SMILES string of the molecule is Nc1cc(NCCCN2CCCC2)nc(N)n1. The molecule has 0 aromatic carbocycles. The zero-order chi connectivity index (χ0) is 12.1. The van der Waals surface area contributed by atoms with Crippen LogP contribution in [0, 0.1) is 0 Å². The summed E-state index contributed by atoms with van der Waals surface area (Å²) in [5, 5.41) is 3.21. The quantitative estimate of drug-likeness (QED) is 0.646. The molecule has 2 rings (SSSR count). The van der Waals surface area contributed by atoms with E-state index in [1.165, 1.54) is 25.9 Å². The van der Waals surface area contributed by atoms with Gasteiger partial charge in [-0.15, -0.1) is 0 Å². The molecule has 0 radical (unpaired) electrons. The summed E-state index contributed by atoms with van der Waals surface area (Å²) in [5.74, 6) is 1.32. The molecule has 1 aliphatic rings. The van der Waals surface area contributed by atoms with Crippen LogP contribution >= 0.6 is 0 Å². The van der Waals surface area contributed by atoms with E-state index < -0.39 is 0 Å². The lowest BCUT2D eigenvalue weighted by Gasteiger charge is -2.14. The van der Waals surface area contributed by atoms with E-state index in [2.05, 4.69) is 20.2 Å². The predicted octanol–water partition coefficient (Wildman–Crippen LogP) is 0.539. The van der Waals surface area contributed by atoms with Gasteiger partial charge in [0.15, 0.2) is 0 Å². The molecule has 1 fully saturated rings. The standard InChI is InChI=1S/C11H20N6/c12-9-8-10(16-11(13)15-9)14-4-3-7-17-5-1-2-6-17/h8H,1-7H2,(H5,12,13,14,15,16). The zero-order valence-corrected chi connectivity index (χ0v) is 10.0. The maximum absolute atomic E-state index is 5.58. The number of nitrogens with two attached hydrogens (primary N) is 2. The van der Waals surface area contributed by atoms with Crippen molar-refractivity contribution in [2.45, 2.75) is 19.3 Å². The zero-order valence-electron chi connectivity index (χ0n) is 10.0. The topological polar surface area (TPSA) is 93.1 Å². The first-order chi connectivity index (χ1) is 8.24. The summed E-state index contributed by atoms with van der Waals surface area (Å²) in [5.41, 5.74) is 11.1. The summed E-state index contributed by atoms with van der Waals surface area (Å²) in [7, 11) is 0. The number of nitrogens with zero attached hydrogens (tertiary/aromatic N) is 3. The van der Waals surface area contributed by atoms with Crippen LogP contribution in [-0.2, 0) is 0 Å². The van der Waals surface area contributed by atoms with Crippen molar-refractivity contribution < 1.29 is 0 Å². The molecule has 1 aromatic rings. The predicted molar refractivity (Wildman–Crippen MR) is 69.6 cm³/mol. The fourth-order valence-corrected chi connectivity index (χ4v) is 2.10. The molecule has 6 heteroatoms. The summed E-state index contributed by atoms with van der Waals surface area (Å²) in [6.45, 7) is 4.51. The van der Waals surface area contributed by atoms with Gasteiger partial charge in [0.2, 0.25) is 5.95 Å². The van der Waals surface area contributed by atoms with Crippen LogP contribution in [0.5, 0.6) is 0 Å². The van der Waals surface area contributed by atoms with Gasteiger partial charge < -0.3 is 21.7 Å². The van der Waals surface area contributed by atoms with Gasteiger partial charge in [0, 0.05) is 12.6 Å². The number of nitrogen functional groups attached to an aromatic ring is 2. The van der Waals surface area contributed by atoms with E-state index in [1.54, 1.807) is 6.07 Å². The Hall–Kier alpha value is -1.56. The van der Waals surface area contributed by atoms with Crippen molar-refractivity contribution in [1.29, 1.82) is 0 Å². The first kappa shape index (κ1) is 11.9. The first-order valence-corrected chi connectivity index (χ1v) is 6.10. The van der Waals surface area contributed by atoms with E-state index in [1.807, 2.05) is 0 Å². The molecule has 0 bridgehead atoms. The first-order valence-electron chi connectivity index (χ1n) is 6.10. The van der Waals surface area contributed by atoms with Gasteiger partial charge in [0.25, 0.3) is 0 Å². The Bertz CT molecular complexity index is 341. The minimum atomic E-state index is 0.215. The van der Waals surface area contributed by atoms with Crippen LogP contribution in [0.1, 0.15) is 19.3 Å². The van der Waals surface area contributed by atoms with Gasteiger partial charge in [-0.3, -0.25) is 0 Å². The van der Waals surface area contributed by atoms with Crippen molar-refractivity contribution in [1.82, 2.24) is 14.9 Å². The molecule has 1 aromatic heterocycles. The summed E-state index contributed by atoms with van der Waals surface area (Å²) >= 11 is 0. The molecule has 0 unspecified atom stereocenters. The van der Waals surface area contributed by atoms with Gasteiger partial charge in [0.1, 0.15) is 11.6 Å². The minimum Gasteiger partial charge on any atom is -0.383 e. The maximum Gasteiger partial charge on any atom is 0.223 e. The van der Waals surface area contributed by atoms with Crippen LogP contribution in [0.4, 0.5) is 17.6 Å². The minimum absolute atomic E-state index is 0.215. The average molecular weight is 236 g/mol. The Balaban J connectivity index is 1.70. The van der Waals surface area contributed by atoms with Crippen LogP contribution in [0.25, 0.3) is 0 Å². The fourth-order valence-electron chi connectivity index (χ4n) is 2.10. The molecule has 1 saturated heterocycles. The normalized spacial score (nSPS) is 16.2. The van der Waals surface area contributed by atoms with Crippen molar-refractivity contribution in [3.05, 3.63) is 6.07 Å². The Morgan fingerprint density at radius 1 is 1.24 bits per heavy atom. The Morgan fingerprint density at radius 2 is 2.00 bits per heavy atom. The molecule has 17 heavy (non-hydrogen) atoms. The van der Waals surface area contributed by atoms with Crippen molar-refractivity contribution in [2.24, 2.45) is 0 Å². The number of likely N-dealkylation sites (tertiary alicyclic amines) is 1. The van der Waals surface area contributed by atoms with Gasteiger partial charge in [-0.25, -0.2) is 0 Å². The molecule has 0 atom stereocenters. The Labute approximate surface area is 101 Å². The molecular formula is C11H20N6. The molecule has 0 aliphatic carbocycles. The summed E-state index contributed by atoms with van der Waals surface area (Å²) in [6.07, 6.45) is 3.78. The van der Waals surface area contributed by atoms with Crippen molar-refractivity contribution in [2.75, 3.05) is 43.0 Å². The summed E-state index contributed by atoms with van der Waals surface area (Å²) in [6, 6.07) is 1.70. The van der Waals surface area contributed by atoms with Crippen molar-refractivity contribution >= 4 is 17.6 Å². The lowest BCUT2D eigenvalue weighted by molar-refractivity contribution is 0.337. The highest BCUT2D eigenvalue weighted by Crippen LogP contribution is 2.10. The molecular weight excluding hydrogens is 216 g/mol. The molecule has 5 N–H and O–H groups in total. The maximum atomic E-state index is 5.58. The number of anilines is 3. The van der Waals surface area contributed by atoms with Gasteiger partial charge >= 0.3 is 0 Å². The smallest absolute Gasteiger partial charge is 0.223 e. The van der Waals surface area contributed by atoms with Gasteiger partial charge in [0.05, 0.1) is 0 Å². The largest absolute Gasteiger partial charge is 0.383 e. The fraction of sp³-hybridized carbons (Fsp3) is 0.636. The van der Waals surface area contributed by atoms with E-state index >= 15 is 0 Å². The third kappa shape index (κ3) is 3.74. The van der Waals surface area contributed by atoms with Crippen LogP contribution in [0.15, 0.2) is 6.07 Å². The second-order valence-corrected chi connectivity index (χ2v) is 4.37. The second kappa shape index (κ2) is 5.67. The monoisotopic (exact) mass is 236 g/mol. The van der Waals surface area contributed by atoms with Gasteiger partial charge in [-0.2, -0.15) is 9.97 Å². The van der Waals surface area contributed by atoms with E-state index in [9.17, 15) is 0 Å². The van der Waals surface area contributed by atoms with E-state index in [0.29, 0.717) is 11.6 Å². The molecule has 2 heterocycles. The van der Waals surface area contributed by atoms with Crippen molar-refractivity contribution in [3.63, 3.8) is 0 Å². The van der Waals surface area contributed by atoms with Crippen LogP contribution < -0.4 is 16.8 Å². The summed E-state index contributed by atoms with van der Waals surface area (Å²) in [4.78, 5) is 10.4. The van der Waals surface area contributed by atoms with E-state index in [-0.39, 0.29) is 5.95 Å². The van der Waals surface area contributed by atoms with Crippen molar-refractivity contribution in [3.8, 4) is 0 Å². The van der Waals surface area contributed by atoms with Crippen LogP contribution in [0.3, 0.4) is 0 Å². The second-order valence-electron chi connectivity index (χ2n) is 4.37. The number of aromatic nitrogens is 2. The Morgan fingerprint density at radius 3 is 2.71 bits per heavy atom. The highest BCUT2D eigenvalue weighted by Gasteiger charge is 2.10. The average Bonchev–Trinajstić information content (AvgIpc) is 2.76. The lowest BCUT2D eigenvalue weighted by Crippen LogP contribution is -2.22. The molecule has 94 valence electrons. The van der Waals surface area contributed by atoms with Gasteiger partial charge in [-0.1, -0.05) is 0 Å². The summed E-state index contributed by atoms with van der Waals surface area (Å²) < 4.78 is 0. The number of hydrogen-bond donors (Lipinski definition) is 3. The molecule has 0 amide bonds. The van der Waals surface area contributed by atoms with E-state index in [0.717, 1.165) is 19.5 Å². The highest BCUT2D eigenvalue weighted by atomic mass is 15.1. The van der Waals surface area contributed by atoms with Crippen LogP contribution in [0.2, 0.25) is 0 Å². The Kier molecular flexibility index (Phi) is 3.98. The third-order valence-electron chi connectivity index (χ3n) is 2.92. The number of nitrogens with one attached hydrogen (secondary N) is 1. The lowest BCUT2D eigenvalue weighted by atomic mass is 10.4. The molecule has 0 spiro atoms. The molecule has 0 saturated carbocycles. The van der Waals surface area contributed by atoms with E-state index in [4.69, 9.17) is 11.5 Å². The van der Waals surface area contributed by atoms with Crippen LogP contribution in [-0.4, -0.2) is 41.0 Å². The number of rotatable bonds is 5. The molecule has 1 aliphatic heterocycles. The van der Waals surface area contributed by atoms with Gasteiger partial charge in [-0.05, 0) is 38.9 Å². The molecule has 6 nitrogen and oxygen atoms in total. The highest BCUT2D eigenvalue weighted by molar-refractivity contribution is 5.48. The number of hydrogen-bond acceptors (Lipinski definition) is 6.